The van der Waals surface area contributed by atoms with E-state index >= 15 is 0 Å². The van der Waals surface area contributed by atoms with Crippen LogP contribution >= 0.6 is 0 Å². The number of ketones is 1. The molecule has 3 nitrogen and oxygen atoms in total. The zero-order valence-corrected chi connectivity index (χ0v) is 9.84. The van der Waals surface area contributed by atoms with E-state index < -0.39 is 0 Å². The van der Waals surface area contributed by atoms with Crippen LogP contribution in [0.25, 0.3) is 11.1 Å². The fourth-order valence-corrected chi connectivity index (χ4v) is 1.78. The van der Waals surface area contributed by atoms with Crippen molar-refractivity contribution in [2.75, 3.05) is 0 Å². The lowest BCUT2D eigenvalue weighted by Crippen LogP contribution is -2.00. The van der Waals surface area contributed by atoms with Crippen molar-refractivity contribution in [2.45, 2.75) is 6.42 Å². The second-order valence-electron chi connectivity index (χ2n) is 3.93. The third-order valence-electron chi connectivity index (χ3n) is 2.65. The van der Waals surface area contributed by atoms with Gasteiger partial charge in [-0.25, -0.2) is 0 Å². The van der Waals surface area contributed by atoms with Gasteiger partial charge in [-0.2, -0.15) is 0 Å². The molecule has 18 heavy (non-hydrogen) atoms. The van der Waals surface area contributed by atoms with Crippen LogP contribution in [0.15, 0.2) is 55.4 Å². The zero-order chi connectivity index (χ0) is 13.0. The largest absolute Gasteiger partial charge is 0.508 e. The second-order valence-corrected chi connectivity index (χ2v) is 3.93. The predicted octanol–water partition coefficient (Wildman–Crippen LogP) is 2.75. The third-order valence-corrected chi connectivity index (χ3v) is 2.65. The molecule has 90 valence electrons. The molecule has 1 N–H and O–H groups in total. The number of phenols is 1. The van der Waals surface area contributed by atoms with E-state index in [2.05, 4.69) is 11.6 Å². The highest BCUT2D eigenvalue weighted by Crippen LogP contribution is 2.26. The Morgan fingerprint density at radius 2 is 2.22 bits per heavy atom. The van der Waals surface area contributed by atoms with Crippen molar-refractivity contribution < 1.29 is 9.90 Å². The van der Waals surface area contributed by atoms with Gasteiger partial charge in [-0.15, -0.1) is 0 Å². The summed E-state index contributed by atoms with van der Waals surface area (Å²) in [4.78, 5) is 15.5. The van der Waals surface area contributed by atoms with Crippen LogP contribution in [0.3, 0.4) is 0 Å². The number of aromatic hydroxyl groups is 1. The Bertz CT molecular complexity index is 591. The molecule has 0 bridgehead atoms. The first kappa shape index (κ1) is 12.0. The van der Waals surface area contributed by atoms with E-state index in [0.29, 0.717) is 0 Å². The van der Waals surface area contributed by atoms with Gasteiger partial charge in [0.25, 0.3) is 0 Å². The van der Waals surface area contributed by atoms with Gasteiger partial charge in [-0.05, 0) is 41.0 Å². The summed E-state index contributed by atoms with van der Waals surface area (Å²) in [5.41, 5.74) is 2.59. The smallest absolute Gasteiger partial charge is 0.159 e. The molecule has 0 fully saturated rings. The van der Waals surface area contributed by atoms with Crippen molar-refractivity contribution in [1.29, 1.82) is 0 Å². The van der Waals surface area contributed by atoms with Gasteiger partial charge in [0.2, 0.25) is 0 Å². The van der Waals surface area contributed by atoms with E-state index in [0.717, 1.165) is 16.7 Å². The molecular formula is C15H13NO2. The number of aromatic nitrogens is 1. The maximum absolute atomic E-state index is 11.4. The topological polar surface area (TPSA) is 50.2 Å². The van der Waals surface area contributed by atoms with Gasteiger partial charge in [-0.3, -0.25) is 9.78 Å². The lowest BCUT2D eigenvalue weighted by atomic mass is 9.98. The monoisotopic (exact) mass is 239 g/mol. The number of carbonyl (C=O) groups excluding carboxylic acids is 1. The number of hydrogen-bond acceptors (Lipinski definition) is 3. The number of allylic oxidation sites excluding steroid dienone is 1. The van der Waals surface area contributed by atoms with Crippen molar-refractivity contribution in [3.63, 3.8) is 0 Å². The van der Waals surface area contributed by atoms with Gasteiger partial charge in [0, 0.05) is 18.8 Å². The Hall–Kier alpha value is -2.42. The molecule has 3 heteroatoms. The van der Waals surface area contributed by atoms with Crippen LogP contribution in [-0.4, -0.2) is 15.9 Å². The Balaban J connectivity index is 2.44. The maximum atomic E-state index is 11.4. The first-order valence-corrected chi connectivity index (χ1v) is 5.58. The van der Waals surface area contributed by atoms with Crippen molar-refractivity contribution in [2.24, 2.45) is 0 Å². The summed E-state index contributed by atoms with van der Waals surface area (Å²) in [5.74, 6) is 0.148. The summed E-state index contributed by atoms with van der Waals surface area (Å²) >= 11 is 0. The molecule has 2 rings (SSSR count). The van der Waals surface area contributed by atoms with E-state index in [1.807, 2.05) is 12.1 Å². The minimum Gasteiger partial charge on any atom is -0.508 e. The molecule has 0 unspecified atom stereocenters. The highest BCUT2D eigenvalue weighted by molar-refractivity contribution is 5.92. The number of benzene rings is 1. The summed E-state index contributed by atoms with van der Waals surface area (Å²) in [6, 6.07) is 8.76. The minimum atomic E-state index is -0.0515. The highest BCUT2D eigenvalue weighted by atomic mass is 16.3. The molecular weight excluding hydrogens is 226 g/mol. The van der Waals surface area contributed by atoms with Crippen molar-refractivity contribution in [3.05, 3.63) is 60.9 Å². The molecule has 0 amide bonds. The Labute approximate surface area is 105 Å². The molecule has 0 aliphatic carbocycles. The molecule has 0 aliphatic rings. The molecule has 0 aliphatic heterocycles. The van der Waals surface area contributed by atoms with Gasteiger partial charge in [0.05, 0.1) is 0 Å². The van der Waals surface area contributed by atoms with Crippen LogP contribution < -0.4 is 0 Å². The summed E-state index contributed by atoms with van der Waals surface area (Å²) in [6.45, 7) is 3.46. The first-order valence-electron chi connectivity index (χ1n) is 5.58. The second kappa shape index (κ2) is 5.27. The van der Waals surface area contributed by atoms with Gasteiger partial charge in [0.15, 0.2) is 5.78 Å². The summed E-state index contributed by atoms with van der Waals surface area (Å²) in [7, 11) is 0. The van der Waals surface area contributed by atoms with Gasteiger partial charge >= 0.3 is 0 Å². The number of hydrogen-bond donors (Lipinski definition) is 1. The Morgan fingerprint density at radius 3 is 2.94 bits per heavy atom. The van der Waals surface area contributed by atoms with E-state index in [4.69, 9.17) is 0 Å². The van der Waals surface area contributed by atoms with E-state index in [1.54, 1.807) is 30.6 Å². The number of rotatable bonds is 4. The fourth-order valence-electron chi connectivity index (χ4n) is 1.78. The van der Waals surface area contributed by atoms with Crippen molar-refractivity contribution in [1.82, 2.24) is 4.98 Å². The van der Waals surface area contributed by atoms with Crippen LogP contribution in [0.1, 0.15) is 5.56 Å². The molecule has 1 aromatic heterocycles. The number of pyridine rings is 1. The standard InChI is InChI=1S/C15H13NO2/c1-2-13(17)9-12-10-16-7-6-15(12)11-4-3-5-14(18)8-11/h2-8,10,18H,1,9H2. The van der Waals surface area contributed by atoms with E-state index in [-0.39, 0.29) is 18.0 Å². The lowest BCUT2D eigenvalue weighted by molar-refractivity contribution is -0.114. The van der Waals surface area contributed by atoms with Crippen LogP contribution in [0.4, 0.5) is 0 Å². The minimum absolute atomic E-state index is 0.0515. The van der Waals surface area contributed by atoms with Crippen LogP contribution in [0.2, 0.25) is 0 Å². The number of nitrogens with zero attached hydrogens (tertiary/aromatic N) is 1. The fraction of sp³-hybridized carbons (Fsp3) is 0.0667. The molecule has 0 spiro atoms. The molecule has 0 radical (unpaired) electrons. The molecule has 0 atom stereocenters. The Kier molecular flexibility index (Phi) is 3.53. The number of phenolic OH excluding ortho intramolecular Hbond substituents is 1. The third kappa shape index (κ3) is 2.63. The molecule has 0 saturated heterocycles. The van der Waals surface area contributed by atoms with Crippen LogP contribution in [0.5, 0.6) is 5.75 Å². The first-order chi connectivity index (χ1) is 8.70. The van der Waals surface area contributed by atoms with Crippen molar-refractivity contribution in [3.8, 4) is 16.9 Å². The summed E-state index contributed by atoms with van der Waals surface area (Å²) in [6.07, 6.45) is 4.91. The van der Waals surface area contributed by atoms with Gasteiger partial charge in [0.1, 0.15) is 5.75 Å². The van der Waals surface area contributed by atoms with Crippen LogP contribution in [0, 0.1) is 0 Å². The quantitative estimate of drug-likeness (QED) is 0.834. The highest BCUT2D eigenvalue weighted by Gasteiger charge is 2.08. The van der Waals surface area contributed by atoms with Crippen LogP contribution in [-0.2, 0) is 11.2 Å². The predicted molar refractivity (Wildman–Crippen MR) is 70.2 cm³/mol. The molecule has 1 aromatic carbocycles. The Morgan fingerprint density at radius 1 is 1.39 bits per heavy atom. The van der Waals surface area contributed by atoms with E-state index in [1.165, 1.54) is 6.08 Å². The molecule has 2 aromatic rings. The summed E-state index contributed by atoms with van der Waals surface area (Å²) < 4.78 is 0. The lowest BCUT2D eigenvalue weighted by Gasteiger charge is -2.08. The summed E-state index contributed by atoms with van der Waals surface area (Å²) in [5, 5.41) is 9.49. The molecule has 0 saturated carbocycles. The average Bonchev–Trinajstić information content (AvgIpc) is 2.39. The molecule has 1 heterocycles. The van der Waals surface area contributed by atoms with Gasteiger partial charge < -0.3 is 5.11 Å². The number of carbonyl (C=O) groups is 1. The zero-order valence-electron chi connectivity index (χ0n) is 9.84. The van der Waals surface area contributed by atoms with E-state index in [9.17, 15) is 9.90 Å². The maximum Gasteiger partial charge on any atom is 0.159 e. The van der Waals surface area contributed by atoms with Gasteiger partial charge in [-0.1, -0.05) is 18.7 Å². The van der Waals surface area contributed by atoms with Crippen molar-refractivity contribution >= 4 is 5.78 Å². The SMILES string of the molecule is C=CC(=O)Cc1cnccc1-c1cccc(O)c1. The average molecular weight is 239 g/mol. The normalized spacial score (nSPS) is 10.0.